The molecule has 1 N–H and O–H groups in total. The lowest BCUT2D eigenvalue weighted by Crippen LogP contribution is -2.49. The Morgan fingerprint density at radius 2 is 1.72 bits per heavy atom. The Bertz CT molecular complexity index is 897. The highest BCUT2D eigenvalue weighted by molar-refractivity contribution is 5.96. The number of carbonyl (C=O) groups is 2. The van der Waals surface area contributed by atoms with Crippen LogP contribution in [0.4, 0.5) is 11.6 Å². The summed E-state index contributed by atoms with van der Waals surface area (Å²) in [7, 11) is 0. The number of anilines is 2. The summed E-state index contributed by atoms with van der Waals surface area (Å²) in [5, 5.41) is 11.8. The third-order valence-electron chi connectivity index (χ3n) is 4.88. The summed E-state index contributed by atoms with van der Waals surface area (Å²) in [4.78, 5) is 37.1. The molecule has 150 valence electrons. The van der Waals surface area contributed by atoms with E-state index in [1.165, 1.54) is 0 Å². The van der Waals surface area contributed by atoms with Crippen LogP contribution in [0.5, 0.6) is 0 Å². The summed E-state index contributed by atoms with van der Waals surface area (Å²) in [5.41, 5.74) is 0.383. The summed E-state index contributed by atoms with van der Waals surface area (Å²) >= 11 is 0. The molecular formula is C21H24N6O2. The van der Waals surface area contributed by atoms with E-state index in [2.05, 4.69) is 20.2 Å². The smallest absolute Gasteiger partial charge is 0.244 e. The minimum atomic E-state index is -1.10. The van der Waals surface area contributed by atoms with Crippen molar-refractivity contribution in [2.24, 2.45) is 5.41 Å². The molecule has 3 rings (SSSR count). The van der Waals surface area contributed by atoms with Crippen molar-refractivity contribution in [1.29, 1.82) is 5.26 Å². The van der Waals surface area contributed by atoms with Crippen molar-refractivity contribution in [2.75, 3.05) is 36.4 Å². The summed E-state index contributed by atoms with van der Waals surface area (Å²) < 4.78 is 0. The van der Waals surface area contributed by atoms with Crippen molar-refractivity contribution in [3.63, 3.8) is 0 Å². The standard InChI is InChI=1S/C21H24N6O2/c1-21(2,15-22)19(29)25-17-6-4-16(5-7-17)14-18(28)26-10-12-27(13-11-26)20-23-8-3-9-24-20/h3-9H,10-14H2,1-2H3,(H,25,29). The highest BCUT2D eigenvalue weighted by Gasteiger charge is 2.27. The molecule has 1 aromatic carbocycles. The number of nitrogens with one attached hydrogen (secondary N) is 1. The Balaban J connectivity index is 1.51. The number of aromatic nitrogens is 2. The Hall–Kier alpha value is -3.47. The van der Waals surface area contributed by atoms with Crippen LogP contribution in [-0.2, 0) is 16.0 Å². The fraction of sp³-hybridized carbons (Fsp3) is 0.381. The first kappa shape index (κ1) is 20.3. The highest BCUT2D eigenvalue weighted by Crippen LogP contribution is 2.18. The number of piperazine rings is 1. The third kappa shape index (κ3) is 5.08. The van der Waals surface area contributed by atoms with E-state index in [1.807, 2.05) is 23.1 Å². The Morgan fingerprint density at radius 1 is 1.10 bits per heavy atom. The van der Waals surface area contributed by atoms with Gasteiger partial charge >= 0.3 is 0 Å². The van der Waals surface area contributed by atoms with Crippen LogP contribution in [0.25, 0.3) is 0 Å². The number of hydrogen-bond acceptors (Lipinski definition) is 6. The second-order valence-corrected chi connectivity index (χ2v) is 7.48. The van der Waals surface area contributed by atoms with Crippen molar-refractivity contribution in [2.45, 2.75) is 20.3 Å². The largest absolute Gasteiger partial charge is 0.339 e. The van der Waals surface area contributed by atoms with Gasteiger partial charge in [-0.1, -0.05) is 12.1 Å². The van der Waals surface area contributed by atoms with Crippen LogP contribution >= 0.6 is 0 Å². The molecule has 0 bridgehead atoms. The minimum Gasteiger partial charge on any atom is -0.339 e. The number of hydrogen-bond donors (Lipinski definition) is 1. The summed E-state index contributed by atoms with van der Waals surface area (Å²) in [6.45, 7) is 5.81. The van der Waals surface area contributed by atoms with Gasteiger partial charge in [0.15, 0.2) is 0 Å². The molecule has 0 unspecified atom stereocenters. The number of carbonyl (C=O) groups excluding carboxylic acids is 2. The van der Waals surface area contributed by atoms with Crippen LogP contribution in [0.2, 0.25) is 0 Å². The van der Waals surface area contributed by atoms with Gasteiger partial charge in [-0.15, -0.1) is 0 Å². The monoisotopic (exact) mass is 392 g/mol. The quantitative estimate of drug-likeness (QED) is 0.833. The normalized spacial score (nSPS) is 14.2. The predicted molar refractivity (Wildman–Crippen MR) is 109 cm³/mol. The Morgan fingerprint density at radius 3 is 2.31 bits per heavy atom. The highest BCUT2D eigenvalue weighted by atomic mass is 16.2. The van der Waals surface area contributed by atoms with Gasteiger partial charge in [0, 0.05) is 44.3 Å². The first-order chi connectivity index (χ1) is 13.9. The lowest BCUT2D eigenvalue weighted by atomic mass is 9.94. The van der Waals surface area contributed by atoms with E-state index >= 15 is 0 Å². The zero-order chi connectivity index (χ0) is 20.9. The van der Waals surface area contributed by atoms with E-state index in [1.54, 1.807) is 44.4 Å². The number of nitrogens with zero attached hydrogens (tertiary/aromatic N) is 5. The molecule has 2 amide bonds. The summed E-state index contributed by atoms with van der Waals surface area (Å²) in [6, 6.07) is 10.9. The van der Waals surface area contributed by atoms with Crippen LogP contribution in [0.1, 0.15) is 19.4 Å². The van der Waals surface area contributed by atoms with Crippen molar-refractivity contribution in [1.82, 2.24) is 14.9 Å². The molecule has 1 aliphatic heterocycles. The fourth-order valence-corrected chi connectivity index (χ4v) is 2.94. The Labute approximate surface area is 170 Å². The van der Waals surface area contributed by atoms with Gasteiger partial charge in [-0.3, -0.25) is 9.59 Å². The van der Waals surface area contributed by atoms with Crippen molar-refractivity contribution < 1.29 is 9.59 Å². The fourth-order valence-electron chi connectivity index (χ4n) is 2.94. The molecule has 0 saturated carbocycles. The van der Waals surface area contributed by atoms with Crippen LogP contribution in [0.15, 0.2) is 42.7 Å². The van der Waals surface area contributed by atoms with Gasteiger partial charge in [0.05, 0.1) is 12.5 Å². The van der Waals surface area contributed by atoms with Gasteiger partial charge < -0.3 is 15.1 Å². The number of amides is 2. The first-order valence-electron chi connectivity index (χ1n) is 9.50. The average Bonchev–Trinajstić information content (AvgIpc) is 2.75. The molecule has 8 nitrogen and oxygen atoms in total. The molecule has 0 aliphatic carbocycles. The van der Waals surface area contributed by atoms with Crippen molar-refractivity contribution in [3.8, 4) is 6.07 Å². The van der Waals surface area contributed by atoms with Gasteiger partial charge in [-0.25, -0.2) is 9.97 Å². The lowest BCUT2D eigenvalue weighted by molar-refractivity contribution is -0.130. The topological polar surface area (TPSA) is 102 Å². The number of rotatable bonds is 5. The molecule has 1 saturated heterocycles. The van der Waals surface area contributed by atoms with Crippen molar-refractivity contribution in [3.05, 3.63) is 48.3 Å². The maximum Gasteiger partial charge on any atom is 0.244 e. The molecule has 1 aromatic heterocycles. The summed E-state index contributed by atoms with van der Waals surface area (Å²) in [6.07, 6.45) is 3.74. The third-order valence-corrected chi connectivity index (χ3v) is 4.88. The maximum absolute atomic E-state index is 12.6. The van der Waals surface area contributed by atoms with Gasteiger partial charge in [0.2, 0.25) is 17.8 Å². The first-order valence-corrected chi connectivity index (χ1v) is 9.50. The molecule has 1 aliphatic rings. The molecule has 0 radical (unpaired) electrons. The van der Waals surface area contributed by atoms with Crippen molar-refractivity contribution >= 4 is 23.5 Å². The molecule has 2 heterocycles. The van der Waals surface area contributed by atoms with E-state index < -0.39 is 5.41 Å². The maximum atomic E-state index is 12.6. The lowest BCUT2D eigenvalue weighted by Gasteiger charge is -2.34. The number of benzene rings is 1. The van der Waals surface area contributed by atoms with E-state index in [4.69, 9.17) is 5.26 Å². The average molecular weight is 392 g/mol. The van der Waals surface area contributed by atoms with Gasteiger partial charge in [0.25, 0.3) is 0 Å². The van der Waals surface area contributed by atoms with Crippen LogP contribution in [-0.4, -0.2) is 52.9 Å². The molecule has 0 spiro atoms. The predicted octanol–water partition coefficient (Wildman–Crippen LogP) is 1.86. The Kier molecular flexibility index (Phi) is 6.07. The van der Waals surface area contributed by atoms with Crippen LogP contribution < -0.4 is 10.2 Å². The second-order valence-electron chi connectivity index (χ2n) is 7.48. The SMILES string of the molecule is CC(C)(C#N)C(=O)Nc1ccc(CC(=O)N2CCN(c3ncccn3)CC2)cc1. The van der Waals surface area contributed by atoms with E-state index in [9.17, 15) is 9.59 Å². The zero-order valence-corrected chi connectivity index (χ0v) is 16.6. The molecule has 0 atom stereocenters. The van der Waals surface area contributed by atoms with E-state index in [0.29, 0.717) is 44.2 Å². The number of nitriles is 1. The minimum absolute atomic E-state index is 0.0704. The molecule has 2 aromatic rings. The molecular weight excluding hydrogens is 368 g/mol. The van der Waals surface area contributed by atoms with Crippen LogP contribution in [0, 0.1) is 16.7 Å². The van der Waals surface area contributed by atoms with Gasteiger partial charge in [-0.05, 0) is 37.6 Å². The summed E-state index contributed by atoms with van der Waals surface area (Å²) in [5.74, 6) is 0.405. The molecule has 8 heteroatoms. The molecule has 29 heavy (non-hydrogen) atoms. The zero-order valence-electron chi connectivity index (χ0n) is 16.6. The van der Waals surface area contributed by atoms with E-state index in [-0.39, 0.29) is 11.8 Å². The van der Waals surface area contributed by atoms with E-state index in [0.717, 1.165) is 5.56 Å². The van der Waals surface area contributed by atoms with Crippen LogP contribution in [0.3, 0.4) is 0 Å². The molecule has 1 fully saturated rings. The second kappa shape index (κ2) is 8.69. The van der Waals surface area contributed by atoms with Gasteiger partial charge in [0.1, 0.15) is 5.41 Å². The van der Waals surface area contributed by atoms with Gasteiger partial charge in [-0.2, -0.15) is 5.26 Å².